The molecular formula is C16H25FN6O. The van der Waals surface area contributed by atoms with E-state index in [1.54, 1.807) is 18.5 Å². The van der Waals surface area contributed by atoms with E-state index in [0.717, 1.165) is 32.0 Å². The lowest BCUT2D eigenvalue weighted by molar-refractivity contribution is 0.170. The summed E-state index contributed by atoms with van der Waals surface area (Å²) < 4.78 is 13.9. The summed E-state index contributed by atoms with van der Waals surface area (Å²) in [4.78, 5) is 26.1. The number of carbonyl (C=O) groups excluding carboxylic acids is 1. The quantitative estimate of drug-likeness (QED) is 0.778. The largest absolute Gasteiger partial charge is 0.336 e. The van der Waals surface area contributed by atoms with E-state index < -0.39 is 6.17 Å². The second-order valence-electron chi connectivity index (χ2n) is 6.56. The minimum absolute atomic E-state index is 0.0101. The number of likely N-dealkylation sites (N-methyl/N-ethyl adjacent to an activating group) is 1. The number of likely N-dealkylation sites (tertiary alicyclic amines) is 1. The Morgan fingerprint density at radius 2 is 2.21 bits per heavy atom. The summed E-state index contributed by atoms with van der Waals surface area (Å²) in [5.41, 5.74) is 0. The van der Waals surface area contributed by atoms with Gasteiger partial charge in [-0.3, -0.25) is 4.90 Å². The van der Waals surface area contributed by atoms with E-state index >= 15 is 0 Å². The third-order valence-electron chi connectivity index (χ3n) is 4.66. The number of nitrogens with zero attached hydrogens (tertiary/aromatic N) is 5. The van der Waals surface area contributed by atoms with Crippen LogP contribution in [0.5, 0.6) is 0 Å². The topological polar surface area (TPSA) is 64.6 Å². The first-order chi connectivity index (χ1) is 11.6. The highest BCUT2D eigenvalue weighted by Gasteiger charge is 2.33. The van der Waals surface area contributed by atoms with Crippen molar-refractivity contribution in [2.75, 3.05) is 46.3 Å². The smallest absolute Gasteiger partial charge is 0.317 e. The fraction of sp³-hybridized carbons (Fsp3) is 0.688. The standard InChI is InChI=1S/C16H25FN6O/c1-21(7-8-22-6-5-20-16(22)24)11-14-9-13(17)10-23(14)12-15-18-3-2-4-19-15/h2-4,13-14H,5-12H2,1H3,(H,20,24)/t13-,14-/m0/s1. The van der Waals surface area contributed by atoms with Gasteiger partial charge in [0.05, 0.1) is 6.54 Å². The highest BCUT2D eigenvalue weighted by Crippen LogP contribution is 2.22. The second kappa shape index (κ2) is 7.85. The molecule has 0 aromatic carbocycles. The molecule has 1 aromatic rings. The van der Waals surface area contributed by atoms with Gasteiger partial charge in [0.2, 0.25) is 0 Å². The van der Waals surface area contributed by atoms with Crippen LogP contribution in [0.2, 0.25) is 0 Å². The van der Waals surface area contributed by atoms with E-state index in [1.165, 1.54) is 0 Å². The average Bonchev–Trinajstić information content (AvgIpc) is 3.12. The molecule has 1 aromatic heterocycles. The van der Waals surface area contributed by atoms with Crippen molar-refractivity contribution < 1.29 is 9.18 Å². The van der Waals surface area contributed by atoms with Crippen molar-refractivity contribution in [3.63, 3.8) is 0 Å². The highest BCUT2D eigenvalue weighted by molar-refractivity contribution is 5.76. The van der Waals surface area contributed by atoms with Gasteiger partial charge >= 0.3 is 6.03 Å². The molecule has 24 heavy (non-hydrogen) atoms. The highest BCUT2D eigenvalue weighted by atomic mass is 19.1. The van der Waals surface area contributed by atoms with Gasteiger partial charge < -0.3 is 15.1 Å². The van der Waals surface area contributed by atoms with Gasteiger partial charge in [0.25, 0.3) is 0 Å². The SMILES string of the molecule is CN(CCN1CCNC1=O)C[C@@H]1C[C@H](F)CN1Cc1ncccn1. The Kier molecular flexibility index (Phi) is 5.57. The molecule has 1 N–H and O–H groups in total. The third-order valence-corrected chi connectivity index (χ3v) is 4.66. The molecule has 3 rings (SSSR count). The number of carbonyl (C=O) groups is 1. The van der Waals surface area contributed by atoms with Crippen molar-refractivity contribution in [3.8, 4) is 0 Å². The Labute approximate surface area is 141 Å². The summed E-state index contributed by atoms with van der Waals surface area (Å²) in [6.45, 7) is 4.77. The number of hydrogen-bond donors (Lipinski definition) is 1. The summed E-state index contributed by atoms with van der Waals surface area (Å²) in [7, 11) is 2.02. The molecule has 0 saturated carbocycles. The molecule has 0 radical (unpaired) electrons. The van der Waals surface area contributed by atoms with E-state index in [2.05, 4.69) is 25.1 Å². The predicted octanol–water partition coefficient (Wildman–Crippen LogP) is 0.346. The minimum atomic E-state index is -0.795. The number of aromatic nitrogens is 2. The third kappa shape index (κ3) is 4.39. The van der Waals surface area contributed by atoms with E-state index in [0.29, 0.717) is 26.1 Å². The zero-order valence-electron chi connectivity index (χ0n) is 14.1. The molecule has 0 spiro atoms. The molecule has 2 aliphatic heterocycles. The molecule has 0 unspecified atom stereocenters. The number of rotatable bonds is 7. The van der Waals surface area contributed by atoms with Crippen molar-refractivity contribution in [2.24, 2.45) is 0 Å². The molecule has 0 bridgehead atoms. The lowest BCUT2D eigenvalue weighted by Crippen LogP contribution is -2.42. The minimum Gasteiger partial charge on any atom is -0.336 e. The molecule has 7 nitrogen and oxygen atoms in total. The number of nitrogens with one attached hydrogen (secondary N) is 1. The average molecular weight is 336 g/mol. The summed E-state index contributed by atoms with van der Waals surface area (Å²) >= 11 is 0. The van der Waals surface area contributed by atoms with Crippen molar-refractivity contribution in [1.29, 1.82) is 0 Å². The molecule has 2 aliphatic rings. The molecule has 2 amide bonds. The monoisotopic (exact) mass is 336 g/mol. The van der Waals surface area contributed by atoms with Crippen LogP contribution in [0, 0.1) is 0 Å². The molecule has 3 heterocycles. The van der Waals surface area contributed by atoms with Crippen molar-refractivity contribution in [3.05, 3.63) is 24.3 Å². The number of amides is 2. The van der Waals surface area contributed by atoms with Gasteiger partial charge in [0.1, 0.15) is 12.0 Å². The first kappa shape index (κ1) is 17.0. The Morgan fingerprint density at radius 3 is 2.92 bits per heavy atom. The fourth-order valence-corrected chi connectivity index (χ4v) is 3.37. The van der Waals surface area contributed by atoms with E-state index in [1.807, 2.05) is 11.9 Å². The van der Waals surface area contributed by atoms with Gasteiger partial charge in [-0.1, -0.05) is 0 Å². The first-order valence-electron chi connectivity index (χ1n) is 8.47. The molecule has 132 valence electrons. The van der Waals surface area contributed by atoms with Crippen molar-refractivity contribution >= 4 is 6.03 Å². The van der Waals surface area contributed by atoms with Crippen LogP contribution in [0.25, 0.3) is 0 Å². The maximum Gasteiger partial charge on any atom is 0.317 e. The van der Waals surface area contributed by atoms with Crippen molar-refractivity contribution in [1.82, 2.24) is 30.0 Å². The van der Waals surface area contributed by atoms with Crippen LogP contribution >= 0.6 is 0 Å². The zero-order chi connectivity index (χ0) is 16.9. The van der Waals surface area contributed by atoms with Crippen LogP contribution in [0.15, 0.2) is 18.5 Å². The van der Waals surface area contributed by atoms with Crippen LogP contribution < -0.4 is 5.32 Å². The number of halogens is 1. The van der Waals surface area contributed by atoms with Crippen LogP contribution in [0.4, 0.5) is 9.18 Å². The van der Waals surface area contributed by atoms with E-state index in [4.69, 9.17) is 0 Å². The van der Waals surface area contributed by atoms with Gasteiger partial charge in [-0.25, -0.2) is 19.2 Å². The molecular weight excluding hydrogens is 311 g/mol. The number of alkyl halides is 1. The summed E-state index contributed by atoms with van der Waals surface area (Å²) in [5, 5.41) is 2.80. The summed E-state index contributed by atoms with van der Waals surface area (Å²) in [6.07, 6.45) is 3.18. The summed E-state index contributed by atoms with van der Waals surface area (Å²) in [5.74, 6) is 0.730. The maximum atomic E-state index is 13.9. The van der Waals surface area contributed by atoms with Crippen LogP contribution in [0.1, 0.15) is 12.2 Å². The Hall–Kier alpha value is -1.80. The lowest BCUT2D eigenvalue weighted by atomic mass is 10.2. The van der Waals surface area contributed by atoms with Crippen molar-refractivity contribution in [2.45, 2.75) is 25.2 Å². The summed E-state index contributed by atoms with van der Waals surface area (Å²) in [6, 6.07) is 1.95. The second-order valence-corrected chi connectivity index (χ2v) is 6.56. The van der Waals surface area contributed by atoms with Crippen LogP contribution in [-0.4, -0.2) is 89.2 Å². The molecule has 2 atom stereocenters. The van der Waals surface area contributed by atoms with Gasteiger partial charge in [-0.05, 0) is 19.5 Å². The molecule has 2 fully saturated rings. The fourth-order valence-electron chi connectivity index (χ4n) is 3.37. The normalized spacial score (nSPS) is 24.8. The van der Waals surface area contributed by atoms with E-state index in [9.17, 15) is 9.18 Å². The number of hydrogen-bond acceptors (Lipinski definition) is 5. The molecule has 0 aliphatic carbocycles. The lowest BCUT2D eigenvalue weighted by Gasteiger charge is -2.28. The zero-order valence-corrected chi connectivity index (χ0v) is 14.1. The number of urea groups is 1. The van der Waals surface area contributed by atoms with Crippen LogP contribution in [-0.2, 0) is 6.54 Å². The Balaban J connectivity index is 1.49. The maximum absolute atomic E-state index is 13.9. The Morgan fingerprint density at radius 1 is 1.42 bits per heavy atom. The van der Waals surface area contributed by atoms with Gasteiger partial charge in [0.15, 0.2) is 0 Å². The van der Waals surface area contributed by atoms with Crippen LogP contribution in [0.3, 0.4) is 0 Å². The van der Waals surface area contributed by atoms with Gasteiger partial charge in [-0.15, -0.1) is 0 Å². The Bertz CT molecular complexity index is 545. The van der Waals surface area contributed by atoms with Gasteiger partial charge in [0, 0.05) is 57.7 Å². The first-order valence-corrected chi connectivity index (χ1v) is 8.47. The molecule has 2 saturated heterocycles. The van der Waals surface area contributed by atoms with Gasteiger partial charge in [-0.2, -0.15) is 0 Å². The van der Waals surface area contributed by atoms with E-state index in [-0.39, 0.29) is 12.1 Å². The molecule has 8 heteroatoms. The predicted molar refractivity (Wildman–Crippen MR) is 88.2 cm³/mol.